The van der Waals surface area contributed by atoms with Gasteiger partial charge in [-0.05, 0) is 44.1 Å². The highest BCUT2D eigenvalue weighted by Gasteiger charge is 2.43. The summed E-state index contributed by atoms with van der Waals surface area (Å²) in [7, 11) is 0. The second-order valence-electron chi connectivity index (χ2n) is 7.18. The summed E-state index contributed by atoms with van der Waals surface area (Å²) in [6, 6.07) is 0.0156. The van der Waals surface area contributed by atoms with Crippen molar-refractivity contribution in [2.75, 3.05) is 19.7 Å². The molecule has 4 nitrogen and oxygen atoms in total. The minimum absolute atomic E-state index is 0.0156. The maximum atomic E-state index is 12.4. The number of carbonyl (C=O) groups is 1. The normalized spacial score (nSPS) is 35.8. The Morgan fingerprint density at radius 3 is 2.75 bits per heavy atom. The first-order chi connectivity index (χ1) is 9.74. The number of aliphatic hydroxyl groups excluding tert-OH is 1. The van der Waals surface area contributed by atoms with E-state index in [4.69, 9.17) is 0 Å². The number of rotatable bonds is 4. The van der Waals surface area contributed by atoms with E-state index in [9.17, 15) is 9.90 Å². The van der Waals surface area contributed by atoms with E-state index in [2.05, 4.69) is 10.6 Å². The summed E-state index contributed by atoms with van der Waals surface area (Å²) in [5, 5.41) is 16.2. The molecule has 4 heteroatoms. The van der Waals surface area contributed by atoms with Gasteiger partial charge >= 0.3 is 0 Å². The molecule has 3 N–H and O–H groups in total. The van der Waals surface area contributed by atoms with Gasteiger partial charge in [0.05, 0.1) is 12.6 Å². The highest BCUT2D eigenvalue weighted by atomic mass is 16.3. The van der Waals surface area contributed by atoms with E-state index in [-0.39, 0.29) is 24.0 Å². The van der Waals surface area contributed by atoms with Crippen LogP contribution in [0.15, 0.2) is 0 Å². The largest absolute Gasteiger partial charge is 0.396 e. The molecule has 114 valence electrons. The lowest BCUT2D eigenvalue weighted by molar-refractivity contribution is -0.124. The van der Waals surface area contributed by atoms with Gasteiger partial charge in [0.15, 0.2) is 0 Å². The Hall–Kier alpha value is -0.610. The lowest BCUT2D eigenvalue weighted by atomic mass is 9.74. The van der Waals surface area contributed by atoms with Crippen molar-refractivity contribution in [2.45, 2.75) is 57.4 Å². The second-order valence-corrected chi connectivity index (χ2v) is 7.18. The summed E-state index contributed by atoms with van der Waals surface area (Å²) in [6.07, 6.45) is 9.49. The third kappa shape index (κ3) is 2.73. The van der Waals surface area contributed by atoms with Crippen LogP contribution in [0.5, 0.6) is 0 Å². The average Bonchev–Trinajstić information content (AvgIpc) is 3.08. The highest BCUT2D eigenvalue weighted by Crippen LogP contribution is 2.38. The summed E-state index contributed by atoms with van der Waals surface area (Å²) in [6.45, 7) is 1.86. The third-order valence-corrected chi connectivity index (χ3v) is 5.92. The standard InChI is InChI=1S/C16H28N2O2/c19-11-16(7-2-1-3-8-16)10-18-15(20)14-13-6-4-5-12(13)9-17-14/h12-14,17,19H,1-11H2,(H,18,20). The molecular formula is C16H28N2O2. The summed E-state index contributed by atoms with van der Waals surface area (Å²) in [5.74, 6) is 1.43. The minimum atomic E-state index is -0.0540. The second kappa shape index (κ2) is 6.02. The molecule has 3 rings (SSSR count). The zero-order chi connectivity index (χ0) is 14.0. The fourth-order valence-electron chi connectivity index (χ4n) is 4.55. The Balaban J connectivity index is 1.53. The number of aliphatic hydroxyl groups is 1. The summed E-state index contributed by atoms with van der Waals surface area (Å²) in [5.41, 5.74) is -0.0540. The molecule has 0 aromatic heterocycles. The third-order valence-electron chi connectivity index (χ3n) is 5.92. The number of nitrogens with one attached hydrogen (secondary N) is 2. The number of fused-ring (bicyclic) bond motifs is 1. The maximum absolute atomic E-state index is 12.4. The molecule has 3 unspecified atom stereocenters. The Kier molecular flexibility index (Phi) is 4.32. The minimum Gasteiger partial charge on any atom is -0.396 e. The summed E-state index contributed by atoms with van der Waals surface area (Å²) in [4.78, 5) is 12.4. The predicted molar refractivity (Wildman–Crippen MR) is 78.2 cm³/mol. The molecule has 1 aliphatic heterocycles. The van der Waals surface area contributed by atoms with Crippen LogP contribution in [0.4, 0.5) is 0 Å². The first kappa shape index (κ1) is 14.3. The van der Waals surface area contributed by atoms with E-state index in [1.165, 1.54) is 38.5 Å². The summed E-state index contributed by atoms with van der Waals surface area (Å²) < 4.78 is 0. The SMILES string of the molecule is O=C(NCC1(CO)CCCCC1)C1NCC2CCCC21. The molecule has 1 saturated heterocycles. The van der Waals surface area contributed by atoms with Crippen LogP contribution in [0.1, 0.15) is 51.4 Å². The van der Waals surface area contributed by atoms with Crippen LogP contribution in [0.25, 0.3) is 0 Å². The van der Waals surface area contributed by atoms with Crippen molar-refractivity contribution in [3.8, 4) is 0 Å². The van der Waals surface area contributed by atoms with Gasteiger partial charge < -0.3 is 15.7 Å². The van der Waals surface area contributed by atoms with Gasteiger partial charge in [0, 0.05) is 12.0 Å². The van der Waals surface area contributed by atoms with E-state index in [1.807, 2.05) is 0 Å². The van der Waals surface area contributed by atoms with Crippen molar-refractivity contribution in [1.82, 2.24) is 10.6 Å². The van der Waals surface area contributed by atoms with Crippen LogP contribution in [-0.2, 0) is 4.79 Å². The highest BCUT2D eigenvalue weighted by molar-refractivity contribution is 5.82. The number of hydrogen-bond acceptors (Lipinski definition) is 3. The van der Waals surface area contributed by atoms with Crippen molar-refractivity contribution in [3.05, 3.63) is 0 Å². The molecule has 2 saturated carbocycles. The molecular weight excluding hydrogens is 252 g/mol. The number of carbonyl (C=O) groups excluding carboxylic acids is 1. The molecule has 3 atom stereocenters. The molecule has 0 spiro atoms. The number of hydrogen-bond donors (Lipinski definition) is 3. The van der Waals surface area contributed by atoms with Crippen LogP contribution in [-0.4, -0.2) is 36.8 Å². The average molecular weight is 280 g/mol. The molecule has 2 aliphatic carbocycles. The predicted octanol–water partition coefficient (Wildman–Crippen LogP) is 1.43. The first-order valence-electron chi connectivity index (χ1n) is 8.36. The van der Waals surface area contributed by atoms with E-state index in [0.717, 1.165) is 19.4 Å². The Morgan fingerprint density at radius 1 is 1.20 bits per heavy atom. The molecule has 3 aliphatic rings. The van der Waals surface area contributed by atoms with Gasteiger partial charge in [-0.1, -0.05) is 25.7 Å². The van der Waals surface area contributed by atoms with Crippen LogP contribution >= 0.6 is 0 Å². The van der Waals surface area contributed by atoms with Gasteiger partial charge in [-0.25, -0.2) is 0 Å². The van der Waals surface area contributed by atoms with E-state index >= 15 is 0 Å². The molecule has 0 aromatic rings. The Labute approximate surface area is 121 Å². The molecule has 1 heterocycles. The fourth-order valence-corrected chi connectivity index (χ4v) is 4.55. The van der Waals surface area contributed by atoms with Crippen molar-refractivity contribution in [1.29, 1.82) is 0 Å². The van der Waals surface area contributed by atoms with Gasteiger partial charge in [-0.2, -0.15) is 0 Å². The van der Waals surface area contributed by atoms with Crippen molar-refractivity contribution in [3.63, 3.8) is 0 Å². The maximum Gasteiger partial charge on any atom is 0.237 e. The Bertz CT molecular complexity index is 352. The lowest BCUT2D eigenvalue weighted by Crippen LogP contribution is -2.48. The molecule has 20 heavy (non-hydrogen) atoms. The quantitative estimate of drug-likeness (QED) is 0.730. The van der Waals surface area contributed by atoms with Crippen LogP contribution in [0, 0.1) is 17.3 Å². The first-order valence-corrected chi connectivity index (χ1v) is 8.36. The molecule has 0 radical (unpaired) electrons. The van der Waals surface area contributed by atoms with E-state index < -0.39 is 0 Å². The van der Waals surface area contributed by atoms with Crippen molar-refractivity contribution < 1.29 is 9.90 Å². The Morgan fingerprint density at radius 2 is 2.00 bits per heavy atom. The zero-order valence-corrected chi connectivity index (χ0v) is 12.4. The molecule has 0 aromatic carbocycles. The van der Waals surface area contributed by atoms with E-state index in [1.54, 1.807) is 0 Å². The van der Waals surface area contributed by atoms with Crippen LogP contribution in [0.3, 0.4) is 0 Å². The van der Waals surface area contributed by atoms with Gasteiger partial charge in [-0.15, -0.1) is 0 Å². The van der Waals surface area contributed by atoms with Crippen LogP contribution < -0.4 is 10.6 Å². The van der Waals surface area contributed by atoms with Gasteiger partial charge in [0.1, 0.15) is 0 Å². The molecule has 3 fully saturated rings. The molecule has 1 amide bonds. The molecule has 0 bridgehead atoms. The zero-order valence-electron chi connectivity index (χ0n) is 12.4. The van der Waals surface area contributed by atoms with Gasteiger partial charge in [0.2, 0.25) is 5.91 Å². The van der Waals surface area contributed by atoms with Gasteiger partial charge in [0.25, 0.3) is 0 Å². The van der Waals surface area contributed by atoms with Crippen LogP contribution in [0.2, 0.25) is 0 Å². The number of amides is 1. The van der Waals surface area contributed by atoms with Crippen molar-refractivity contribution >= 4 is 5.91 Å². The lowest BCUT2D eigenvalue weighted by Gasteiger charge is -2.36. The monoisotopic (exact) mass is 280 g/mol. The smallest absolute Gasteiger partial charge is 0.237 e. The fraction of sp³-hybridized carbons (Fsp3) is 0.938. The topological polar surface area (TPSA) is 61.4 Å². The summed E-state index contributed by atoms with van der Waals surface area (Å²) >= 11 is 0. The van der Waals surface area contributed by atoms with Crippen molar-refractivity contribution in [2.24, 2.45) is 17.3 Å². The van der Waals surface area contributed by atoms with E-state index in [0.29, 0.717) is 18.4 Å². The van der Waals surface area contributed by atoms with Gasteiger partial charge in [-0.3, -0.25) is 4.79 Å².